The van der Waals surface area contributed by atoms with Gasteiger partial charge in [-0.3, -0.25) is 0 Å². The average molecular weight is 140 g/mol. The van der Waals surface area contributed by atoms with Crippen LogP contribution in [0, 0.1) is 0 Å². The van der Waals surface area contributed by atoms with Crippen LogP contribution in [0.15, 0.2) is 12.1 Å². The molecule has 9 heavy (non-hydrogen) atoms. The molecule has 0 radical (unpaired) electrons. The number of thiazole rings is 1. The summed E-state index contributed by atoms with van der Waals surface area (Å²) in [4.78, 5) is 5.14. The van der Waals surface area contributed by atoms with Gasteiger partial charge in [0.2, 0.25) is 0 Å². The Hall–Kier alpha value is -0.830. The topological polar surface area (TPSA) is 24.9 Å². The summed E-state index contributed by atoms with van der Waals surface area (Å²) in [6.45, 7) is 3.64. The molecule has 1 N–H and O–H groups in total. The van der Waals surface area contributed by atoms with E-state index in [2.05, 4.69) is 16.9 Å². The molecule has 0 amide bonds. The number of hydrogen-bond donors (Lipinski definition) is 1. The van der Waals surface area contributed by atoms with E-state index in [0.29, 0.717) is 0 Å². The molecule has 3 heteroatoms. The molecule has 0 aliphatic heterocycles. The summed E-state index contributed by atoms with van der Waals surface area (Å²) >= 11 is 1.58. The van der Waals surface area contributed by atoms with Crippen molar-refractivity contribution in [2.75, 3.05) is 12.4 Å². The Bertz CT molecular complexity index is 205. The third-order valence-electron chi connectivity index (χ3n) is 1.02. The van der Waals surface area contributed by atoms with Crippen molar-refractivity contribution in [1.29, 1.82) is 0 Å². The molecule has 0 atom stereocenters. The predicted octanol–water partition coefficient (Wildman–Crippen LogP) is 1.83. The smallest absolute Gasteiger partial charge is 0.144 e. The van der Waals surface area contributed by atoms with Crippen LogP contribution in [0.4, 0.5) is 5.82 Å². The molecule has 1 rings (SSSR count). The second kappa shape index (κ2) is 2.64. The summed E-state index contributed by atoms with van der Waals surface area (Å²) in [6, 6.07) is 0. The van der Waals surface area contributed by atoms with Gasteiger partial charge in [-0.25, -0.2) is 4.98 Å². The highest BCUT2D eigenvalue weighted by Crippen LogP contribution is 2.18. The van der Waals surface area contributed by atoms with Crippen LogP contribution in [-0.4, -0.2) is 12.0 Å². The second-order valence-corrected chi connectivity index (χ2v) is 2.41. The van der Waals surface area contributed by atoms with Gasteiger partial charge in [-0.15, -0.1) is 11.3 Å². The average Bonchev–Trinajstić information content (AvgIpc) is 2.33. The first-order valence-electron chi connectivity index (χ1n) is 2.62. The number of rotatable bonds is 2. The Kier molecular flexibility index (Phi) is 1.85. The van der Waals surface area contributed by atoms with Crippen molar-refractivity contribution >= 4 is 23.2 Å². The quantitative estimate of drug-likeness (QED) is 0.677. The van der Waals surface area contributed by atoms with Crippen LogP contribution in [0.2, 0.25) is 0 Å². The lowest BCUT2D eigenvalue weighted by Gasteiger charge is -1.91. The van der Waals surface area contributed by atoms with E-state index in [1.165, 1.54) is 0 Å². The third kappa shape index (κ3) is 1.10. The highest BCUT2D eigenvalue weighted by Gasteiger charge is 1.96. The summed E-state index contributed by atoms with van der Waals surface area (Å²) in [5.74, 6) is 0.912. The SMILES string of the molecule is C=Cc1scnc1NC. The lowest BCUT2D eigenvalue weighted by Crippen LogP contribution is -1.88. The first-order valence-corrected chi connectivity index (χ1v) is 3.50. The Morgan fingerprint density at radius 3 is 3.11 bits per heavy atom. The molecule has 48 valence electrons. The van der Waals surface area contributed by atoms with Gasteiger partial charge < -0.3 is 5.32 Å². The van der Waals surface area contributed by atoms with Gasteiger partial charge in [-0.05, 0) is 6.08 Å². The molecule has 0 saturated carbocycles. The van der Waals surface area contributed by atoms with E-state index in [9.17, 15) is 0 Å². The number of aromatic nitrogens is 1. The van der Waals surface area contributed by atoms with E-state index in [4.69, 9.17) is 0 Å². The van der Waals surface area contributed by atoms with Gasteiger partial charge in [-0.2, -0.15) is 0 Å². The monoisotopic (exact) mass is 140 g/mol. The lowest BCUT2D eigenvalue weighted by molar-refractivity contribution is 1.35. The number of nitrogens with one attached hydrogen (secondary N) is 1. The summed E-state index contributed by atoms with van der Waals surface area (Å²) < 4.78 is 0. The minimum Gasteiger partial charge on any atom is -0.372 e. The van der Waals surface area contributed by atoms with Crippen LogP contribution < -0.4 is 5.32 Å². The van der Waals surface area contributed by atoms with Crippen LogP contribution in [0.5, 0.6) is 0 Å². The molecule has 0 bridgehead atoms. The van der Waals surface area contributed by atoms with E-state index in [1.807, 2.05) is 7.05 Å². The van der Waals surface area contributed by atoms with Crippen molar-refractivity contribution in [1.82, 2.24) is 4.98 Å². The Balaban J connectivity index is 2.98. The minimum absolute atomic E-state index is 0.912. The largest absolute Gasteiger partial charge is 0.372 e. The molecule has 0 aliphatic rings. The normalized spacial score (nSPS) is 9.00. The van der Waals surface area contributed by atoms with E-state index in [-0.39, 0.29) is 0 Å². The van der Waals surface area contributed by atoms with Gasteiger partial charge in [-0.1, -0.05) is 6.58 Å². The van der Waals surface area contributed by atoms with E-state index < -0.39 is 0 Å². The van der Waals surface area contributed by atoms with Crippen molar-refractivity contribution in [2.24, 2.45) is 0 Å². The maximum absolute atomic E-state index is 4.04. The fraction of sp³-hybridized carbons (Fsp3) is 0.167. The van der Waals surface area contributed by atoms with E-state index in [1.54, 1.807) is 22.9 Å². The molecule has 1 heterocycles. The molecule has 2 nitrogen and oxygen atoms in total. The second-order valence-electron chi connectivity index (χ2n) is 1.52. The zero-order valence-electron chi connectivity index (χ0n) is 5.22. The molecular formula is C6H8N2S. The lowest BCUT2D eigenvalue weighted by atomic mass is 10.5. The molecule has 0 saturated heterocycles. The molecule has 1 aromatic rings. The summed E-state index contributed by atoms with van der Waals surface area (Å²) in [6.07, 6.45) is 1.80. The van der Waals surface area contributed by atoms with Gasteiger partial charge in [0.15, 0.2) is 0 Å². The fourth-order valence-electron chi connectivity index (χ4n) is 0.588. The van der Waals surface area contributed by atoms with Crippen molar-refractivity contribution in [3.63, 3.8) is 0 Å². The summed E-state index contributed by atoms with van der Waals surface area (Å²) in [7, 11) is 1.85. The predicted molar refractivity (Wildman–Crippen MR) is 41.8 cm³/mol. The Morgan fingerprint density at radius 1 is 1.89 bits per heavy atom. The minimum atomic E-state index is 0.912. The zero-order valence-corrected chi connectivity index (χ0v) is 6.03. The molecule has 0 unspecified atom stereocenters. The van der Waals surface area contributed by atoms with Crippen molar-refractivity contribution in [3.05, 3.63) is 17.0 Å². The third-order valence-corrected chi connectivity index (χ3v) is 1.84. The summed E-state index contributed by atoms with van der Waals surface area (Å²) in [5, 5.41) is 2.95. The van der Waals surface area contributed by atoms with Gasteiger partial charge in [0.25, 0.3) is 0 Å². The van der Waals surface area contributed by atoms with E-state index in [0.717, 1.165) is 10.7 Å². The first-order chi connectivity index (χ1) is 4.38. The number of hydrogen-bond acceptors (Lipinski definition) is 3. The van der Waals surface area contributed by atoms with Crippen molar-refractivity contribution in [2.45, 2.75) is 0 Å². The summed E-state index contributed by atoms with van der Waals surface area (Å²) in [5.41, 5.74) is 1.79. The molecule has 1 aromatic heterocycles. The maximum Gasteiger partial charge on any atom is 0.144 e. The van der Waals surface area contributed by atoms with Crippen LogP contribution in [0.1, 0.15) is 4.88 Å². The van der Waals surface area contributed by atoms with Crippen molar-refractivity contribution in [3.8, 4) is 0 Å². The molecule has 0 spiro atoms. The van der Waals surface area contributed by atoms with Crippen LogP contribution in [-0.2, 0) is 0 Å². The fourth-order valence-corrected chi connectivity index (χ4v) is 1.22. The first kappa shape index (κ1) is 6.29. The number of anilines is 1. The van der Waals surface area contributed by atoms with E-state index >= 15 is 0 Å². The maximum atomic E-state index is 4.04. The molecule has 0 aliphatic carbocycles. The van der Waals surface area contributed by atoms with Crippen molar-refractivity contribution < 1.29 is 0 Å². The van der Waals surface area contributed by atoms with Gasteiger partial charge in [0.1, 0.15) is 5.82 Å². The van der Waals surface area contributed by atoms with Crippen LogP contribution in [0.3, 0.4) is 0 Å². The Morgan fingerprint density at radius 2 is 2.67 bits per heavy atom. The highest BCUT2D eigenvalue weighted by atomic mass is 32.1. The molecular weight excluding hydrogens is 132 g/mol. The molecule has 0 fully saturated rings. The molecule has 0 aromatic carbocycles. The van der Waals surface area contributed by atoms with Crippen LogP contribution >= 0.6 is 11.3 Å². The zero-order chi connectivity index (χ0) is 6.69. The van der Waals surface area contributed by atoms with Gasteiger partial charge in [0.05, 0.1) is 10.4 Å². The number of nitrogens with zero attached hydrogens (tertiary/aromatic N) is 1. The van der Waals surface area contributed by atoms with Crippen LogP contribution in [0.25, 0.3) is 6.08 Å². The Labute approximate surface area is 58.2 Å². The van der Waals surface area contributed by atoms with Gasteiger partial charge in [0, 0.05) is 7.05 Å². The van der Waals surface area contributed by atoms with Gasteiger partial charge >= 0.3 is 0 Å². The standard InChI is InChI=1S/C6H8N2S/c1-3-5-6(7-2)8-4-9-5/h3-4,7H,1H2,2H3. The highest BCUT2D eigenvalue weighted by molar-refractivity contribution is 7.11.